The van der Waals surface area contributed by atoms with Gasteiger partial charge in [0.05, 0.1) is 0 Å². The first-order valence-corrected chi connectivity index (χ1v) is 9.31. The van der Waals surface area contributed by atoms with Crippen LogP contribution >= 0.6 is 27.5 Å². The van der Waals surface area contributed by atoms with E-state index in [1.807, 2.05) is 0 Å². The summed E-state index contributed by atoms with van der Waals surface area (Å²) in [5, 5.41) is 0. The Morgan fingerprint density at radius 2 is 1.95 bits per heavy atom. The number of hydrogen-bond donors (Lipinski definition) is 0. The third-order valence-electron chi connectivity index (χ3n) is 4.94. The average Bonchev–Trinajstić information content (AvgIpc) is 2.49. The zero-order chi connectivity index (χ0) is 14.4. The summed E-state index contributed by atoms with van der Waals surface area (Å²) < 4.78 is 1.23. The lowest BCUT2D eigenvalue weighted by atomic mass is 9.68. The van der Waals surface area contributed by atoms with Crippen molar-refractivity contribution in [2.45, 2.75) is 58.3 Å². The summed E-state index contributed by atoms with van der Waals surface area (Å²) in [6, 6.07) is 8.60. The van der Waals surface area contributed by atoms with E-state index in [-0.39, 0.29) is 0 Å². The Kier molecular flexibility index (Phi) is 6.42. The minimum atomic E-state index is 0.328. The molecule has 1 aliphatic rings. The zero-order valence-corrected chi connectivity index (χ0v) is 14.8. The maximum atomic E-state index is 6.38. The monoisotopic (exact) mass is 356 g/mol. The topological polar surface area (TPSA) is 0 Å². The van der Waals surface area contributed by atoms with Gasteiger partial charge in [-0.2, -0.15) is 0 Å². The molecule has 1 aromatic carbocycles. The van der Waals surface area contributed by atoms with Gasteiger partial charge in [-0.25, -0.2) is 0 Å². The van der Waals surface area contributed by atoms with Crippen molar-refractivity contribution in [2.24, 2.45) is 11.3 Å². The molecule has 0 spiro atoms. The summed E-state index contributed by atoms with van der Waals surface area (Å²) in [4.78, 5) is 0. The molecule has 1 aromatic rings. The van der Waals surface area contributed by atoms with Crippen molar-refractivity contribution in [2.75, 3.05) is 5.88 Å². The highest BCUT2D eigenvalue weighted by molar-refractivity contribution is 9.10. The molecule has 1 fully saturated rings. The van der Waals surface area contributed by atoms with Gasteiger partial charge in [-0.15, -0.1) is 11.6 Å². The van der Waals surface area contributed by atoms with Gasteiger partial charge >= 0.3 is 0 Å². The molecule has 1 saturated carbocycles. The number of alkyl halides is 1. The Morgan fingerprint density at radius 1 is 1.25 bits per heavy atom. The minimum absolute atomic E-state index is 0.328. The molecule has 20 heavy (non-hydrogen) atoms. The Labute approximate surface area is 137 Å². The third kappa shape index (κ3) is 4.24. The maximum absolute atomic E-state index is 6.38. The van der Waals surface area contributed by atoms with Crippen LogP contribution in [-0.4, -0.2) is 5.88 Å². The summed E-state index contributed by atoms with van der Waals surface area (Å²) in [5.41, 5.74) is 1.74. The maximum Gasteiger partial charge on any atom is 0.0283 e. The summed E-state index contributed by atoms with van der Waals surface area (Å²) in [7, 11) is 0. The molecule has 2 rings (SSSR count). The molecule has 0 saturated heterocycles. The van der Waals surface area contributed by atoms with E-state index in [0.717, 1.165) is 18.2 Å². The van der Waals surface area contributed by atoms with Crippen LogP contribution in [0.2, 0.25) is 0 Å². The highest BCUT2D eigenvalue weighted by Gasteiger charge is 2.34. The molecule has 0 heterocycles. The molecule has 0 aromatic heterocycles. The van der Waals surface area contributed by atoms with E-state index in [4.69, 9.17) is 11.6 Å². The normalized spacial score (nSPS) is 26.6. The van der Waals surface area contributed by atoms with Gasteiger partial charge in [-0.3, -0.25) is 0 Å². The molecular formula is C18H26BrCl. The van der Waals surface area contributed by atoms with Gasteiger partial charge < -0.3 is 0 Å². The standard InChI is InChI=1S/C18H26BrCl/c1-2-3-6-15-9-11-18(14-20,12-10-15)13-16-7-4-5-8-17(16)19/h4-5,7-8,15H,2-3,6,9-14H2,1H3. The van der Waals surface area contributed by atoms with Gasteiger partial charge in [0, 0.05) is 10.4 Å². The molecular weight excluding hydrogens is 332 g/mol. The smallest absolute Gasteiger partial charge is 0.0283 e. The lowest BCUT2D eigenvalue weighted by molar-refractivity contribution is 0.166. The summed E-state index contributed by atoms with van der Waals surface area (Å²) in [6.07, 6.45) is 10.6. The minimum Gasteiger partial charge on any atom is -0.126 e. The SMILES string of the molecule is CCCCC1CCC(CCl)(Cc2ccccc2Br)CC1. The largest absolute Gasteiger partial charge is 0.126 e. The van der Waals surface area contributed by atoms with Crippen molar-refractivity contribution in [3.63, 3.8) is 0 Å². The van der Waals surface area contributed by atoms with Gasteiger partial charge in [0.2, 0.25) is 0 Å². The lowest BCUT2D eigenvalue weighted by Crippen LogP contribution is -2.31. The van der Waals surface area contributed by atoms with Crippen LogP contribution in [0.25, 0.3) is 0 Å². The van der Waals surface area contributed by atoms with Crippen molar-refractivity contribution >= 4 is 27.5 Å². The van der Waals surface area contributed by atoms with E-state index in [9.17, 15) is 0 Å². The van der Waals surface area contributed by atoms with E-state index >= 15 is 0 Å². The van der Waals surface area contributed by atoms with E-state index in [2.05, 4.69) is 47.1 Å². The van der Waals surface area contributed by atoms with Crippen LogP contribution in [-0.2, 0) is 6.42 Å². The highest BCUT2D eigenvalue weighted by atomic mass is 79.9. The first-order chi connectivity index (χ1) is 9.69. The number of rotatable bonds is 6. The first-order valence-electron chi connectivity index (χ1n) is 7.98. The van der Waals surface area contributed by atoms with E-state index in [1.165, 1.54) is 55.0 Å². The summed E-state index contributed by atoms with van der Waals surface area (Å²) >= 11 is 10.1. The van der Waals surface area contributed by atoms with Gasteiger partial charge in [0.25, 0.3) is 0 Å². The molecule has 0 nitrogen and oxygen atoms in total. The molecule has 1 aliphatic carbocycles. The van der Waals surface area contributed by atoms with Gasteiger partial charge in [0.1, 0.15) is 0 Å². The lowest BCUT2D eigenvalue weighted by Gasteiger charge is -2.39. The molecule has 0 amide bonds. The Balaban J connectivity index is 1.97. The molecule has 112 valence electrons. The molecule has 0 N–H and O–H groups in total. The number of unbranched alkanes of at least 4 members (excludes halogenated alkanes) is 1. The van der Waals surface area contributed by atoms with Crippen LogP contribution in [0.3, 0.4) is 0 Å². The number of halogens is 2. The second kappa shape index (κ2) is 7.84. The number of hydrogen-bond acceptors (Lipinski definition) is 0. The molecule has 0 bridgehead atoms. The second-order valence-electron chi connectivity index (χ2n) is 6.49. The van der Waals surface area contributed by atoms with E-state index < -0.39 is 0 Å². The first kappa shape index (κ1) is 16.4. The fraction of sp³-hybridized carbons (Fsp3) is 0.667. The molecule has 0 unspecified atom stereocenters. The van der Waals surface area contributed by atoms with Crippen LogP contribution in [0.1, 0.15) is 57.4 Å². The fourth-order valence-corrected chi connectivity index (χ4v) is 4.26. The quantitative estimate of drug-likeness (QED) is 0.503. The number of benzene rings is 1. The molecule has 2 heteroatoms. The predicted molar refractivity (Wildman–Crippen MR) is 92.5 cm³/mol. The van der Waals surface area contributed by atoms with Crippen molar-refractivity contribution in [1.29, 1.82) is 0 Å². The molecule has 0 radical (unpaired) electrons. The van der Waals surface area contributed by atoms with Crippen molar-refractivity contribution in [1.82, 2.24) is 0 Å². The van der Waals surface area contributed by atoms with Gasteiger partial charge in [-0.1, -0.05) is 60.3 Å². The van der Waals surface area contributed by atoms with Crippen molar-refractivity contribution in [3.05, 3.63) is 34.3 Å². The van der Waals surface area contributed by atoms with Crippen LogP contribution in [0, 0.1) is 11.3 Å². The zero-order valence-electron chi connectivity index (χ0n) is 12.5. The van der Waals surface area contributed by atoms with Crippen LogP contribution in [0.4, 0.5) is 0 Å². The van der Waals surface area contributed by atoms with Crippen LogP contribution < -0.4 is 0 Å². The van der Waals surface area contributed by atoms with Gasteiger partial charge in [0.15, 0.2) is 0 Å². The third-order valence-corrected chi connectivity index (χ3v) is 6.28. The predicted octanol–water partition coefficient (Wildman–Crippen LogP) is 6.60. The van der Waals surface area contributed by atoms with Gasteiger partial charge in [-0.05, 0) is 55.1 Å². The Hall–Kier alpha value is -0.0100. The molecule has 0 atom stereocenters. The van der Waals surface area contributed by atoms with Crippen LogP contribution in [0.15, 0.2) is 28.7 Å². The van der Waals surface area contributed by atoms with Crippen molar-refractivity contribution < 1.29 is 0 Å². The Bertz CT molecular complexity index is 408. The van der Waals surface area contributed by atoms with E-state index in [1.54, 1.807) is 0 Å². The average molecular weight is 358 g/mol. The fourth-order valence-electron chi connectivity index (χ4n) is 3.47. The molecule has 0 aliphatic heterocycles. The van der Waals surface area contributed by atoms with E-state index in [0.29, 0.717) is 5.41 Å². The Morgan fingerprint density at radius 3 is 2.55 bits per heavy atom. The second-order valence-corrected chi connectivity index (χ2v) is 7.61. The highest BCUT2D eigenvalue weighted by Crippen LogP contribution is 2.44. The summed E-state index contributed by atoms with van der Waals surface area (Å²) in [5.74, 6) is 1.75. The van der Waals surface area contributed by atoms with Crippen LogP contribution in [0.5, 0.6) is 0 Å². The summed E-state index contributed by atoms with van der Waals surface area (Å²) in [6.45, 7) is 2.29. The van der Waals surface area contributed by atoms with Crippen molar-refractivity contribution in [3.8, 4) is 0 Å².